The van der Waals surface area contributed by atoms with E-state index in [1.807, 2.05) is 49.4 Å². The van der Waals surface area contributed by atoms with Gasteiger partial charge in [0.1, 0.15) is 11.3 Å². The molecule has 1 N–H and O–H groups in total. The van der Waals surface area contributed by atoms with E-state index in [0.29, 0.717) is 28.4 Å². The summed E-state index contributed by atoms with van der Waals surface area (Å²) in [4.78, 5) is 31.8. The number of aromatic nitrogens is 1. The summed E-state index contributed by atoms with van der Waals surface area (Å²) >= 11 is 0. The Kier molecular flexibility index (Phi) is 7.18. The summed E-state index contributed by atoms with van der Waals surface area (Å²) in [7, 11) is 1.34. The van der Waals surface area contributed by atoms with Gasteiger partial charge in [0.25, 0.3) is 6.01 Å². The van der Waals surface area contributed by atoms with Crippen LogP contribution in [-0.2, 0) is 16.0 Å². The summed E-state index contributed by atoms with van der Waals surface area (Å²) in [6.07, 6.45) is 1.53. The predicted molar refractivity (Wildman–Crippen MR) is 140 cm³/mol. The van der Waals surface area contributed by atoms with Crippen LogP contribution in [0.15, 0.2) is 71.1 Å². The van der Waals surface area contributed by atoms with E-state index in [2.05, 4.69) is 15.2 Å². The van der Waals surface area contributed by atoms with E-state index >= 15 is 0 Å². The van der Waals surface area contributed by atoms with E-state index in [-0.39, 0.29) is 12.2 Å². The average molecular weight is 500 g/mol. The monoisotopic (exact) mass is 499 g/mol. The number of methoxy groups -OCH3 is 1. The minimum atomic E-state index is -0.713. The molecule has 3 aromatic carbocycles. The second kappa shape index (κ2) is 10.8. The Labute approximate surface area is 215 Å². The van der Waals surface area contributed by atoms with Gasteiger partial charge in [-0.05, 0) is 73.4 Å². The first-order valence-electron chi connectivity index (χ1n) is 12.3. The highest BCUT2D eigenvalue weighted by Crippen LogP contribution is 2.26. The van der Waals surface area contributed by atoms with Crippen molar-refractivity contribution in [1.82, 2.24) is 9.88 Å². The van der Waals surface area contributed by atoms with Gasteiger partial charge in [0, 0.05) is 25.2 Å². The second-order valence-corrected chi connectivity index (χ2v) is 9.13. The molecule has 5 rings (SSSR count). The van der Waals surface area contributed by atoms with E-state index in [9.17, 15) is 9.59 Å². The summed E-state index contributed by atoms with van der Waals surface area (Å²) in [5.41, 5.74) is 4.59. The number of nitrogens with one attached hydrogen (secondary N) is 1. The van der Waals surface area contributed by atoms with Crippen molar-refractivity contribution in [1.29, 1.82) is 0 Å². The summed E-state index contributed by atoms with van der Waals surface area (Å²) in [6.45, 7) is 3.61. The van der Waals surface area contributed by atoms with Crippen LogP contribution in [-0.4, -0.2) is 48.1 Å². The third kappa shape index (κ3) is 5.65. The average Bonchev–Trinajstić information content (AvgIpc) is 3.58. The standard InChI is InChI=1S/C29H29N3O5/c1-19-7-3-4-8-23(19)30-29-31-24-14-9-20(18-26(24)37-29)17-25(33)27(32-15-5-6-16-32)36-22-12-10-21(11-13-22)28(34)35-2/h3-4,7-14,18,27H,5-6,15-17H2,1-2H3,(H,30,31). The number of hydrogen-bond acceptors (Lipinski definition) is 8. The Morgan fingerprint density at radius 3 is 2.54 bits per heavy atom. The molecule has 0 radical (unpaired) electrons. The maximum atomic E-state index is 13.4. The van der Waals surface area contributed by atoms with Crippen molar-refractivity contribution in [2.75, 3.05) is 25.5 Å². The largest absolute Gasteiger partial charge is 0.468 e. The number of carbonyl (C=O) groups excluding carboxylic acids is 2. The molecule has 37 heavy (non-hydrogen) atoms. The van der Waals surface area contributed by atoms with Crippen molar-refractivity contribution in [3.63, 3.8) is 0 Å². The lowest BCUT2D eigenvalue weighted by Gasteiger charge is -2.27. The van der Waals surface area contributed by atoms with Gasteiger partial charge in [-0.15, -0.1) is 0 Å². The molecule has 1 atom stereocenters. The lowest BCUT2D eigenvalue weighted by atomic mass is 10.1. The SMILES string of the molecule is COC(=O)c1ccc(OC(C(=O)Cc2ccc3nc(Nc4ccccc4C)oc3c2)N2CCCC2)cc1. The number of benzene rings is 3. The molecule has 0 spiro atoms. The lowest BCUT2D eigenvalue weighted by molar-refractivity contribution is -0.132. The number of ether oxygens (including phenoxy) is 2. The number of nitrogens with zero attached hydrogens (tertiary/aromatic N) is 2. The third-order valence-electron chi connectivity index (χ3n) is 6.49. The van der Waals surface area contributed by atoms with Crippen LogP contribution >= 0.6 is 0 Å². The quantitative estimate of drug-likeness (QED) is 0.311. The lowest BCUT2D eigenvalue weighted by Crippen LogP contribution is -2.44. The number of esters is 1. The van der Waals surface area contributed by atoms with E-state index < -0.39 is 12.2 Å². The van der Waals surface area contributed by atoms with Gasteiger partial charge in [0.05, 0.1) is 12.7 Å². The predicted octanol–water partition coefficient (Wildman–Crippen LogP) is 5.28. The van der Waals surface area contributed by atoms with Crippen LogP contribution < -0.4 is 10.1 Å². The van der Waals surface area contributed by atoms with Crippen LogP contribution in [0, 0.1) is 6.92 Å². The van der Waals surface area contributed by atoms with E-state index in [1.54, 1.807) is 24.3 Å². The van der Waals surface area contributed by atoms with Gasteiger partial charge in [-0.3, -0.25) is 9.69 Å². The molecule has 0 amide bonds. The number of oxazole rings is 1. The molecule has 8 nitrogen and oxygen atoms in total. The van der Waals surface area contributed by atoms with Crippen molar-refractivity contribution in [3.8, 4) is 5.75 Å². The molecule has 1 fully saturated rings. The number of hydrogen-bond donors (Lipinski definition) is 1. The Bertz CT molecular complexity index is 1410. The fourth-order valence-corrected chi connectivity index (χ4v) is 4.49. The molecule has 1 unspecified atom stereocenters. The minimum absolute atomic E-state index is 0.0453. The fourth-order valence-electron chi connectivity index (χ4n) is 4.49. The van der Waals surface area contributed by atoms with Gasteiger partial charge in [-0.1, -0.05) is 24.3 Å². The zero-order valence-corrected chi connectivity index (χ0v) is 20.9. The number of Topliss-reactive ketones (excluding diaryl/α,β-unsaturated/α-hetero) is 1. The van der Waals surface area contributed by atoms with Gasteiger partial charge in [-0.2, -0.15) is 4.98 Å². The highest BCUT2D eigenvalue weighted by atomic mass is 16.5. The molecule has 190 valence electrons. The van der Waals surface area contributed by atoms with Crippen molar-refractivity contribution < 1.29 is 23.5 Å². The summed E-state index contributed by atoms with van der Waals surface area (Å²) in [5, 5.41) is 3.22. The highest BCUT2D eigenvalue weighted by molar-refractivity contribution is 5.89. The topological polar surface area (TPSA) is 93.9 Å². The van der Waals surface area contributed by atoms with Crippen LogP contribution in [0.5, 0.6) is 5.75 Å². The first kappa shape index (κ1) is 24.5. The number of ketones is 1. The van der Waals surface area contributed by atoms with Gasteiger partial charge < -0.3 is 19.2 Å². The zero-order valence-electron chi connectivity index (χ0n) is 20.9. The molecule has 1 aliphatic heterocycles. The number of fused-ring (bicyclic) bond motifs is 1. The number of para-hydroxylation sites is 1. The number of aryl methyl sites for hydroxylation is 1. The number of anilines is 2. The summed E-state index contributed by atoms with van der Waals surface area (Å²) in [6, 6.07) is 20.6. The van der Waals surface area contributed by atoms with Crippen molar-refractivity contribution in [2.45, 2.75) is 32.4 Å². The Morgan fingerprint density at radius 2 is 1.81 bits per heavy atom. The maximum Gasteiger partial charge on any atom is 0.337 e. The zero-order chi connectivity index (χ0) is 25.8. The van der Waals surface area contributed by atoms with Crippen molar-refractivity contribution >= 4 is 34.6 Å². The number of carbonyl (C=O) groups is 2. The van der Waals surface area contributed by atoms with Gasteiger partial charge >= 0.3 is 5.97 Å². The molecular formula is C29H29N3O5. The third-order valence-corrected chi connectivity index (χ3v) is 6.49. The number of rotatable bonds is 9. The van der Waals surface area contributed by atoms with Crippen LogP contribution in [0.3, 0.4) is 0 Å². The van der Waals surface area contributed by atoms with Crippen LogP contribution in [0.2, 0.25) is 0 Å². The summed E-state index contributed by atoms with van der Waals surface area (Å²) in [5.74, 6) is 0.0605. The first-order chi connectivity index (χ1) is 18.0. The molecule has 4 aromatic rings. The maximum absolute atomic E-state index is 13.4. The molecule has 1 aliphatic rings. The van der Waals surface area contributed by atoms with Crippen molar-refractivity contribution in [3.05, 3.63) is 83.4 Å². The molecule has 8 heteroatoms. The van der Waals surface area contributed by atoms with E-state index in [1.165, 1.54) is 7.11 Å². The van der Waals surface area contributed by atoms with E-state index in [4.69, 9.17) is 13.9 Å². The molecule has 2 heterocycles. The van der Waals surface area contributed by atoms with Crippen LogP contribution in [0.1, 0.15) is 34.3 Å². The fraction of sp³-hybridized carbons (Fsp3) is 0.276. The smallest absolute Gasteiger partial charge is 0.337 e. The molecule has 1 aromatic heterocycles. The van der Waals surface area contributed by atoms with Crippen LogP contribution in [0.25, 0.3) is 11.1 Å². The number of likely N-dealkylation sites (tertiary alicyclic amines) is 1. The normalized spacial score (nSPS) is 14.4. The molecule has 0 bridgehead atoms. The Hall–Kier alpha value is -4.17. The van der Waals surface area contributed by atoms with Crippen molar-refractivity contribution in [2.24, 2.45) is 0 Å². The molecule has 0 saturated carbocycles. The molecule has 1 saturated heterocycles. The second-order valence-electron chi connectivity index (χ2n) is 9.13. The molecular weight excluding hydrogens is 470 g/mol. The van der Waals surface area contributed by atoms with Gasteiger partial charge in [0.15, 0.2) is 11.4 Å². The Morgan fingerprint density at radius 1 is 1.05 bits per heavy atom. The molecule has 0 aliphatic carbocycles. The Balaban J connectivity index is 1.31. The summed E-state index contributed by atoms with van der Waals surface area (Å²) < 4.78 is 16.8. The van der Waals surface area contributed by atoms with E-state index in [0.717, 1.165) is 42.7 Å². The minimum Gasteiger partial charge on any atom is -0.468 e. The van der Waals surface area contributed by atoms with Gasteiger partial charge in [0.2, 0.25) is 6.23 Å². The van der Waals surface area contributed by atoms with Crippen LogP contribution in [0.4, 0.5) is 11.7 Å². The first-order valence-corrected chi connectivity index (χ1v) is 12.3. The van der Waals surface area contributed by atoms with Gasteiger partial charge in [-0.25, -0.2) is 4.79 Å². The highest BCUT2D eigenvalue weighted by Gasteiger charge is 2.30.